The predicted octanol–water partition coefficient (Wildman–Crippen LogP) is 1.33. The van der Waals surface area contributed by atoms with E-state index >= 15 is 0 Å². The van der Waals surface area contributed by atoms with E-state index in [2.05, 4.69) is 9.47 Å². The van der Waals surface area contributed by atoms with Crippen molar-refractivity contribution in [2.24, 2.45) is 0 Å². The van der Waals surface area contributed by atoms with Gasteiger partial charge in [-0.1, -0.05) is 0 Å². The van der Waals surface area contributed by atoms with Crippen molar-refractivity contribution in [3.8, 4) is 5.75 Å². The molecule has 6 nitrogen and oxygen atoms in total. The maximum absolute atomic E-state index is 12.0. The van der Waals surface area contributed by atoms with Gasteiger partial charge in [-0.25, -0.2) is 0 Å². The highest BCUT2D eigenvalue weighted by molar-refractivity contribution is 6.00. The third kappa shape index (κ3) is 4.42. The predicted molar refractivity (Wildman–Crippen MR) is 64.6 cm³/mol. The highest BCUT2D eigenvalue weighted by Crippen LogP contribution is 2.14. The number of carbonyl (C=O) groups is 3. The summed E-state index contributed by atoms with van der Waals surface area (Å²) in [5.74, 6) is -1.47. The zero-order valence-electron chi connectivity index (χ0n) is 10.8. The van der Waals surface area contributed by atoms with E-state index in [9.17, 15) is 14.4 Å². The molecule has 0 bridgehead atoms. The number of carbonyl (C=O) groups excluding carboxylic acids is 3. The van der Waals surface area contributed by atoms with Crippen molar-refractivity contribution < 1.29 is 28.6 Å². The summed E-state index contributed by atoms with van der Waals surface area (Å²) in [6.45, 7) is 2.25. The minimum Gasteiger partial charge on any atom is -0.497 e. The summed E-state index contributed by atoms with van der Waals surface area (Å²) in [4.78, 5) is 33.8. The van der Waals surface area contributed by atoms with Crippen LogP contribution in [0.1, 0.15) is 24.2 Å². The molecule has 0 unspecified atom stereocenters. The van der Waals surface area contributed by atoms with Gasteiger partial charge in [0.05, 0.1) is 7.11 Å². The minimum absolute atomic E-state index is 0.244. The Morgan fingerprint density at radius 3 is 1.79 bits per heavy atom. The SMILES string of the molecule is COc1ccc(C(=O)C(OC(C)=O)OC(C)=O)cc1. The Balaban J connectivity index is 2.90. The van der Waals surface area contributed by atoms with Gasteiger partial charge in [-0.15, -0.1) is 0 Å². The van der Waals surface area contributed by atoms with Crippen LogP contribution >= 0.6 is 0 Å². The Kier molecular flexibility index (Phi) is 5.05. The molecule has 19 heavy (non-hydrogen) atoms. The van der Waals surface area contributed by atoms with Gasteiger partial charge < -0.3 is 14.2 Å². The van der Waals surface area contributed by atoms with Crippen LogP contribution in [0.4, 0.5) is 0 Å². The van der Waals surface area contributed by atoms with E-state index in [-0.39, 0.29) is 5.56 Å². The highest BCUT2D eigenvalue weighted by Gasteiger charge is 2.26. The van der Waals surface area contributed by atoms with Crippen molar-refractivity contribution in [3.63, 3.8) is 0 Å². The van der Waals surface area contributed by atoms with Crippen LogP contribution in [-0.4, -0.2) is 31.1 Å². The molecular weight excluding hydrogens is 252 g/mol. The first-order valence-corrected chi connectivity index (χ1v) is 5.46. The van der Waals surface area contributed by atoms with E-state index in [1.165, 1.54) is 19.2 Å². The van der Waals surface area contributed by atoms with Gasteiger partial charge in [0.2, 0.25) is 5.78 Å². The van der Waals surface area contributed by atoms with E-state index in [0.717, 1.165) is 13.8 Å². The molecule has 0 aliphatic heterocycles. The molecule has 0 radical (unpaired) electrons. The molecule has 0 amide bonds. The van der Waals surface area contributed by atoms with E-state index in [0.29, 0.717) is 5.75 Å². The minimum atomic E-state index is -1.57. The summed E-state index contributed by atoms with van der Waals surface area (Å²) in [5.41, 5.74) is 0.244. The number of hydrogen-bond acceptors (Lipinski definition) is 6. The van der Waals surface area contributed by atoms with Crippen LogP contribution in [-0.2, 0) is 19.1 Å². The maximum Gasteiger partial charge on any atom is 0.310 e. The second-order valence-electron chi connectivity index (χ2n) is 3.64. The normalized spacial score (nSPS) is 9.89. The highest BCUT2D eigenvalue weighted by atomic mass is 16.7. The Bertz CT molecular complexity index is 460. The molecule has 1 rings (SSSR count). The molecule has 1 aromatic carbocycles. The monoisotopic (exact) mass is 266 g/mol. The molecular formula is C13H14O6. The van der Waals surface area contributed by atoms with Gasteiger partial charge >= 0.3 is 18.2 Å². The quantitative estimate of drug-likeness (QED) is 0.454. The average Bonchev–Trinajstić information content (AvgIpc) is 2.36. The van der Waals surface area contributed by atoms with E-state index < -0.39 is 24.0 Å². The van der Waals surface area contributed by atoms with Crippen LogP contribution in [0.2, 0.25) is 0 Å². The average molecular weight is 266 g/mol. The zero-order valence-corrected chi connectivity index (χ0v) is 10.8. The number of esters is 2. The molecule has 0 aliphatic rings. The van der Waals surface area contributed by atoms with Crippen LogP contribution in [0.5, 0.6) is 5.75 Å². The third-order valence-electron chi connectivity index (χ3n) is 2.13. The van der Waals surface area contributed by atoms with Gasteiger partial charge in [-0.05, 0) is 24.3 Å². The van der Waals surface area contributed by atoms with Gasteiger partial charge in [-0.2, -0.15) is 0 Å². The van der Waals surface area contributed by atoms with Gasteiger partial charge in [0.25, 0.3) is 0 Å². The van der Waals surface area contributed by atoms with Crippen molar-refractivity contribution in [2.75, 3.05) is 7.11 Å². The lowest BCUT2D eigenvalue weighted by atomic mass is 10.1. The lowest BCUT2D eigenvalue weighted by molar-refractivity contribution is -0.176. The summed E-state index contributed by atoms with van der Waals surface area (Å²) >= 11 is 0. The molecule has 0 heterocycles. The smallest absolute Gasteiger partial charge is 0.310 e. The van der Waals surface area contributed by atoms with Crippen LogP contribution in [0, 0.1) is 0 Å². The van der Waals surface area contributed by atoms with Crippen molar-refractivity contribution in [2.45, 2.75) is 20.1 Å². The number of benzene rings is 1. The van der Waals surface area contributed by atoms with Crippen molar-refractivity contribution >= 4 is 17.7 Å². The first-order chi connectivity index (χ1) is 8.93. The molecule has 0 saturated heterocycles. The van der Waals surface area contributed by atoms with Crippen LogP contribution in [0.3, 0.4) is 0 Å². The van der Waals surface area contributed by atoms with Gasteiger partial charge in [0.15, 0.2) is 0 Å². The first-order valence-electron chi connectivity index (χ1n) is 5.46. The lowest BCUT2D eigenvalue weighted by Gasteiger charge is -2.15. The standard InChI is InChI=1S/C13H14O6/c1-8(14)18-13(19-9(2)15)12(16)10-4-6-11(17-3)7-5-10/h4-7,13H,1-3H3. The Morgan fingerprint density at radius 2 is 1.42 bits per heavy atom. The van der Waals surface area contributed by atoms with Crippen molar-refractivity contribution in [1.29, 1.82) is 0 Å². The molecule has 1 aromatic rings. The van der Waals surface area contributed by atoms with E-state index in [4.69, 9.17) is 4.74 Å². The van der Waals surface area contributed by atoms with Gasteiger partial charge in [0.1, 0.15) is 5.75 Å². The van der Waals surface area contributed by atoms with Crippen LogP contribution in [0.25, 0.3) is 0 Å². The van der Waals surface area contributed by atoms with E-state index in [1.54, 1.807) is 12.1 Å². The Labute approximate surface area is 110 Å². The van der Waals surface area contributed by atoms with Crippen molar-refractivity contribution in [1.82, 2.24) is 0 Å². The summed E-state index contributed by atoms with van der Waals surface area (Å²) in [5, 5.41) is 0. The summed E-state index contributed by atoms with van der Waals surface area (Å²) < 4.78 is 14.3. The molecule has 0 fully saturated rings. The fraction of sp³-hybridized carbons (Fsp3) is 0.308. The molecule has 0 aliphatic carbocycles. The third-order valence-corrected chi connectivity index (χ3v) is 2.13. The second-order valence-corrected chi connectivity index (χ2v) is 3.64. The van der Waals surface area contributed by atoms with E-state index in [1.807, 2.05) is 0 Å². The van der Waals surface area contributed by atoms with Crippen LogP contribution < -0.4 is 4.74 Å². The molecule has 0 aromatic heterocycles. The fourth-order valence-electron chi connectivity index (χ4n) is 1.32. The molecule has 0 atom stereocenters. The summed E-state index contributed by atoms with van der Waals surface area (Å²) in [6.07, 6.45) is -1.57. The second kappa shape index (κ2) is 6.53. The summed E-state index contributed by atoms with van der Waals surface area (Å²) in [6, 6.07) is 6.12. The molecule has 0 saturated carbocycles. The number of methoxy groups -OCH3 is 1. The Morgan fingerprint density at radius 1 is 0.947 bits per heavy atom. The molecule has 6 heteroatoms. The number of ether oxygens (including phenoxy) is 3. The summed E-state index contributed by atoms with van der Waals surface area (Å²) in [7, 11) is 1.50. The number of hydrogen-bond donors (Lipinski definition) is 0. The number of Topliss-reactive ketones (excluding diaryl/α,β-unsaturated/α-hetero) is 1. The zero-order chi connectivity index (χ0) is 14.4. The van der Waals surface area contributed by atoms with Gasteiger partial charge in [-0.3, -0.25) is 14.4 Å². The van der Waals surface area contributed by atoms with Crippen LogP contribution in [0.15, 0.2) is 24.3 Å². The fourth-order valence-corrected chi connectivity index (χ4v) is 1.32. The largest absolute Gasteiger partial charge is 0.497 e. The molecule has 0 spiro atoms. The maximum atomic E-state index is 12.0. The molecule has 0 N–H and O–H groups in total. The molecule has 102 valence electrons. The first kappa shape index (κ1) is 14.7. The lowest BCUT2D eigenvalue weighted by Crippen LogP contribution is -2.31. The Hall–Kier alpha value is -2.37. The van der Waals surface area contributed by atoms with Crippen molar-refractivity contribution in [3.05, 3.63) is 29.8 Å². The number of ketones is 1. The number of rotatable bonds is 5. The topological polar surface area (TPSA) is 78.9 Å². The van der Waals surface area contributed by atoms with Gasteiger partial charge in [0, 0.05) is 19.4 Å².